The van der Waals surface area contributed by atoms with Crippen LogP contribution in [0.1, 0.15) is 65.7 Å². The minimum Gasteiger partial charge on any atom is -0.339 e. The predicted molar refractivity (Wildman–Crippen MR) is 130 cm³/mol. The van der Waals surface area contributed by atoms with Gasteiger partial charge in [-0.3, -0.25) is 4.79 Å². The lowest BCUT2D eigenvalue weighted by atomic mass is 9.96. The summed E-state index contributed by atoms with van der Waals surface area (Å²) in [4.78, 5) is 31.2. The fourth-order valence-corrected chi connectivity index (χ4v) is 4.74. The molecule has 2 aromatic carbocycles. The minimum absolute atomic E-state index is 0.0352. The average Bonchev–Trinajstić information content (AvgIpc) is 2.80. The zero-order valence-corrected chi connectivity index (χ0v) is 21.2. The highest BCUT2D eigenvalue weighted by Gasteiger charge is 2.37. The van der Waals surface area contributed by atoms with Crippen LogP contribution in [0.5, 0.6) is 0 Å². The summed E-state index contributed by atoms with van der Waals surface area (Å²) in [6.07, 6.45) is -4.07. The van der Waals surface area contributed by atoms with Crippen molar-refractivity contribution in [2.75, 3.05) is 26.7 Å². The highest BCUT2D eigenvalue weighted by molar-refractivity contribution is 5.78. The maximum Gasteiger partial charge on any atom is 0.416 e. The maximum atomic E-state index is 13.7. The van der Waals surface area contributed by atoms with Crippen molar-refractivity contribution in [2.45, 2.75) is 59.3 Å². The first-order valence-corrected chi connectivity index (χ1v) is 11.9. The van der Waals surface area contributed by atoms with Gasteiger partial charge in [0.1, 0.15) is 0 Å². The van der Waals surface area contributed by atoms with Gasteiger partial charge in [-0.25, -0.2) is 4.79 Å². The van der Waals surface area contributed by atoms with Crippen LogP contribution in [0.2, 0.25) is 0 Å². The molecule has 1 heterocycles. The number of carbonyl (C=O) groups is 2. The Morgan fingerprint density at radius 1 is 1.06 bits per heavy atom. The first-order chi connectivity index (χ1) is 16.3. The monoisotopic (exact) mass is 489 g/mol. The molecule has 0 saturated carbocycles. The van der Waals surface area contributed by atoms with Crippen LogP contribution >= 0.6 is 0 Å². The third kappa shape index (κ3) is 5.80. The molecule has 35 heavy (non-hydrogen) atoms. The summed E-state index contributed by atoms with van der Waals surface area (Å²) in [5, 5.41) is 0. The SMILES string of the molecule is CCC(=O)N1CCN(C(=O)N(C)[C@H](C)c2cc(C)cc(C(F)(F)F)c2)[C@@H](c2ccc(C)cc2C)C1. The fraction of sp³-hybridized carbons (Fsp3) is 0.481. The summed E-state index contributed by atoms with van der Waals surface area (Å²) in [5.74, 6) is 0.0352. The smallest absolute Gasteiger partial charge is 0.339 e. The maximum absolute atomic E-state index is 13.7. The van der Waals surface area contributed by atoms with Crippen LogP contribution in [-0.4, -0.2) is 53.3 Å². The summed E-state index contributed by atoms with van der Waals surface area (Å²) in [5.41, 5.74) is 3.29. The third-order valence-corrected chi connectivity index (χ3v) is 6.86. The Hall–Kier alpha value is -3.03. The molecule has 0 aromatic heterocycles. The number of urea groups is 1. The van der Waals surface area contributed by atoms with E-state index in [0.29, 0.717) is 37.2 Å². The first kappa shape index (κ1) is 26.6. The van der Waals surface area contributed by atoms with Crippen molar-refractivity contribution >= 4 is 11.9 Å². The van der Waals surface area contributed by atoms with E-state index in [4.69, 9.17) is 0 Å². The quantitative estimate of drug-likeness (QED) is 0.526. The molecule has 1 saturated heterocycles. The minimum atomic E-state index is -4.46. The highest BCUT2D eigenvalue weighted by atomic mass is 19.4. The van der Waals surface area contributed by atoms with Gasteiger partial charge in [0, 0.05) is 33.1 Å². The number of piperazine rings is 1. The molecule has 0 radical (unpaired) electrons. The van der Waals surface area contributed by atoms with Gasteiger partial charge < -0.3 is 14.7 Å². The summed E-state index contributed by atoms with van der Waals surface area (Å²) >= 11 is 0. The first-order valence-electron chi connectivity index (χ1n) is 11.9. The molecule has 1 aliphatic heterocycles. The lowest BCUT2D eigenvalue weighted by Crippen LogP contribution is -2.55. The van der Waals surface area contributed by atoms with Crippen molar-refractivity contribution < 1.29 is 22.8 Å². The summed E-state index contributed by atoms with van der Waals surface area (Å²) in [7, 11) is 1.62. The zero-order chi connectivity index (χ0) is 26.1. The van der Waals surface area contributed by atoms with E-state index in [1.807, 2.05) is 32.9 Å². The van der Waals surface area contributed by atoms with Gasteiger partial charge >= 0.3 is 12.2 Å². The summed E-state index contributed by atoms with van der Waals surface area (Å²) < 4.78 is 40.1. The van der Waals surface area contributed by atoms with Crippen molar-refractivity contribution in [1.29, 1.82) is 0 Å². The zero-order valence-electron chi connectivity index (χ0n) is 21.2. The second-order valence-electron chi connectivity index (χ2n) is 9.46. The topological polar surface area (TPSA) is 43.9 Å². The fourth-order valence-electron chi connectivity index (χ4n) is 4.74. The molecule has 5 nitrogen and oxygen atoms in total. The molecule has 0 unspecified atom stereocenters. The van der Waals surface area contributed by atoms with E-state index >= 15 is 0 Å². The molecule has 0 N–H and O–H groups in total. The molecular formula is C27H34F3N3O2. The van der Waals surface area contributed by atoms with Crippen LogP contribution in [0, 0.1) is 20.8 Å². The lowest BCUT2D eigenvalue weighted by Gasteiger charge is -2.44. The van der Waals surface area contributed by atoms with Crippen LogP contribution in [-0.2, 0) is 11.0 Å². The molecule has 2 atom stereocenters. The van der Waals surface area contributed by atoms with E-state index in [2.05, 4.69) is 6.07 Å². The normalized spacial score (nSPS) is 17.3. The molecular weight excluding hydrogens is 455 g/mol. The Balaban J connectivity index is 1.93. The van der Waals surface area contributed by atoms with Crippen LogP contribution < -0.4 is 0 Å². The second kappa shape index (κ2) is 10.3. The molecule has 1 fully saturated rings. The summed E-state index contributed by atoms with van der Waals surface area (Å²) in [6.45, 7) is 10.3. The number of aryl methyl sites for hydroxylation is 3. The number of nitrogens with zero attached hydrogens (tertiary/aromatic N) is 3. The van der Waals surface area contributed by atoms with Gasteiger partial charge in [0.25, 0.3) is 0 Å². The van der Waals surface area contributed by atoms with Crippen molar-refractivity contribution in [3.8, 4) is 0 Å². The number of amides is 3. The van der Waals surface area contributed by atoms with Gasteiger partial charge in [-0.05, 0) is 56.5 Å². The Morgan fingerprint density at radius 2 is 1.74 bits per heavy atom. The predicted octanol–water partition coefficient (Wildman–Crippen LogP) is 6.04. The van der Waals surface area contributed by atoms with E-state index in [9.17, 15) is 22.8 Å². The summed E-state index contributed by atoms with van der Waals surface area (Å²) in [6, 6.07) is 8.75. The molecule has 0 spiro atoms. The number of hydrogen-bond acceptors (Lipinski definition) is 2. The van der Waals surface area contributed by atoms with Crippen molar-refractivity contribution in [3.63, 3.8) is 0 Å². The van der Waals surface area contributed by atoms with E-state index < -0.39 is 17.8 Å². The molecule has 3 amide bonds. The molecule has 8 heteroatoms. The number of hydrogen-bond donors (Lipinski definition) is 0. The number of carbonyl (C=O) groups excluding carboxylic acids is 2. The standard InChI is InChI=1S/C27H34F3N3O2/c1-7-25(34)32-10-11-33(24(16-32)23-9-8-17(2)12-19(23)4)26(35)31(6)20(5)21-13-18(3)14-22(15-21)27(28,29)30/h8-9,12-15,20,24H,7,10-11,16H2,1-6H3/t20-,24-/m1/s1. The van der Waals surface area contributed by atoms with Crippen LogP contribution in [0.15, 0.2) is 36.4 Å². The molecule has 1 aliphatic rings. The lowest BCUT2D eigenvalue weighted by molar-refractivity contribution is -0.137. The van der Waals surface area contributed by atoms with Crippen LogP contribution in [0.25, 0.3) is 0 Å². The molecule has 3 rings (SSSR count). The van der Waals surface area contributed by atoms with Gasteiger partial charge in [-0.1, -0.05) is 42.3 Å². The second-order valence-corrected chi connectivity index (χ2v) is 9.46. The molecule has 0 aliphatic carbocycles. The van der Waals surface area contributed by atoms with Gasteiger partial charge in [-0.2, -0.15) is 13.2 Å². The number of alkyl halides is 3. The molecule has 190 valence electrons. The number of rotatable bonds is 4. The van der Waals surface area contributed by atoms with Crippen molar-refractivity contribution in [1.82, 2.24) is 14.7 Å². The van der Waals surface area contributed by atoms with E-state index in [0.717, 1.165) is 28.8 Å². The Bertz CT molecular complexity index is 1100. The van der Waals surface area contributed by atoms with Gasteiger partial charge in [0.15, 0.2) is 0 Å². The van der Waals surface area contributed by atoms with Gasteiger partial charge in [-0.15, -0.1) is 0 Å². The molecule has 0 bridgehead atoms. The van der Waals surface area contributed by atoms with E-state index in [1.165, 1.54) is 4.90 Å². The van der Waals surface area contributed by atoms with Crippen LogP contribution in [0.3, 0.4) is 0 Å². The van der Waals surface area contributed by atoms with Gasteiger partial charge in [0.05, 0.1) is 17.6 Å². The van der Waals surface area contributed by atoms with E-state index in [1.54, 1.807) is 36.8 Å². The van der Waals surface area contributed by atoms with Crippen molar-refractivity contribution in [2.24, 2.45) is 0 Å². The Kier molecular flexibility index (Phi) is 7.82. The highest BCUT2D eigenvalue weighted by Crippen LogP contribution is 2.34. The molecule has 2 aromatic rings. The van der Waals surface area contributed by atoms with Crippen molar-refractivity contribution in [3.05, 3.63) is 69.8 Å². The third-order valence-electron chi connectivity index (χ3n) is 6.86. The number of halogens is 3. The van der Waals surface area contributed by atoms with Crippen LogP contribution in [0.4, 0.5) is 18.0 Å². The Labute approximate surface area is 205 Å². The number of benzene rings is 2. The Morgan fingerprint density at radius 3 is 2.34 bits per heavy atom. The largest absolute Gasteiger partial charge is 0.416 e. The van der Waals surface area contributed by atoms with E-state index in [-0.39, 0.29) is 18.0 Å². The van der Waals surface area contributed by atoms with Gasteiger partial charge in [0.2, 0.25) is 5.91 Å². The average molecular weight is 490 g/mol.